The standard InChI is InChI=1S/C25H33N5OS/c1-2-9-30(8-1)25-28-23(17-32-25)22-16-27-24-21(22)14-19(15-26-24)18-4-6-20(7-5-18)29-10-3-12-31-13-11-29/h14-18,20H,1-13H2,(H,26,27). The zero-order chi connectivity index (χ0) is 21.3. The molecule has 3 fully saturated rings. The molecule has 170 valence electrons. The van der Waals surface area contributed by atoms with Crippen molar-refractivity contribution in [3.8, 4) is 11.3 Å². The van der Waals surface area contributed by atoms with Gasteiger partial charge >= 0.3 is 0 Å². The van der Waals surface area contributed by atoms with Crippen LogP contribution in [0.3, 0.4) is 0 Å². The first-order chi connectivity index (χ1) is 15.8. The number of nitrogens with zero attached hydrogens (tertiary/aromatic N) is 4. The van der Waals surface area contributed by atoms with Gasteiger partial charge in [-0.1, -0.05) is 0 Å². The molecule has 3 aromatic rings. The third kappa shape index (κ3) is 4.06. The average molecular weight is 452 g/mol. The minimum atomic E-state index is 0.615. The SMILES string of the molecule is c1nc2[nH]cc(-c3csc(N4CCCC4)n3)c2cc1C1CCC(N2CCCOCC2)CC1. The van der Waals surface area contributed by atoms with Crippen LogP contribution < -0.4 is 4.90 Å². The summed E-state index contributed by atoms with van der Waals surface area (Å²) in [5.74, 6) is 0.615. The van der Waals surface area contributed by atoms with E-state index in [9.17, 15) is 0 Å². The van der Waals surface area contributed by atoms with Crippen molar-refractivity contribution in [1.82, 2.24) is 19.9 Å². The number of aromatic nitrogens is 3. The largest absolute Gasteiger partial charge is 0.380 e. The van der Waals surface area contributed by atoms with Crippen LogP contribution in [0.25, 0.3) is 22.3 Å². The highest BCUT2D eigenvalue weighted by atomic mass is 32.1. The number of pyridine rings is 1. The smallest absolute Gasteiger partial charge is 0.185 e. The van der Waals surface area contributed by atoms with Crippen LogP contribution >= 0.6 is 11.3 Å². The summed E-state index contributed by atoms with van der Waals surface area (Å²) in [6.45, 7) is 6.40. The Hall–Kier alpha value is -1.96. The van der Waals surface area contributed by atoms with Crippen molar-refractivity contribution in [3.05, 3.63) is 29.4 Å². The molecule has 0 unspecified atom stereocenters. The monoisotopic (exact) mass is 451 g/mol. The first kappa shape index (κ1) is 20.6. The van der Waals surface area contributed by atoms with Gasteiger partial charge in [-0.15, -0.1) is 11.3 Å². The van der Waals surface area contributed by atoms with Gasteiger partial charge in [-0.05, 0) is 62.5 Å². The second-order valence-corrected chi connectivity index (χ2v) is 10.4. The zero-order valence-corrected chi connectivity index (χ0v) is 19.6. The molecular weight excluding hydrogens is 418 g/mol. The number of fused-ring (bicyclic) bond motifs is 1. The van der Waals surface area contributed by atoms with E-state index in [1.54, 1.807) is 11.3 Å². The lowest BCUT2D eigenvalue weighted by Crippen LogP contribution is -2.39. The molecule has 32 heavy (non-hydrogen) atoms. The third-order valence-electron chi connectivity index (χ3n) is 7.64. The topological polar surface area (TPSA) is 57.3 Å². The predicted molar refractivity (Wildman–Crippen MR) is 131 cm³/mol. The molecule has 7 heteroatoms. The van der Waals surface area contributed by atoms with Gasteiger partial charge in [0, 0.05) is 67.6 Å². The molecule has 5 heterocycles. The maximum absolute atomic E-state index is 5.66. The molecule has 1 N–H and O–H groups in total. The van der Waals surface area contributed by atoms with Crippen LogP contribution in [0.4, 0.5) is 5.13 Å². The summed E-state index contributed by atoms with van der Waals surface area (Å²) in [6, 6.07) is 3.11. The second kappa shape index (κ2) is 9.12. The van der Waals surface area contributed by atoms with E-state index in [0.717, 1.165) is 55.4 Å². The number of hydrogen-bond acceptors (Lipinski definition) is 6. The first-order valence-electron chi connectivity index (χ1n) is 12.3. The minimum Gasteiger partial charge on any atom is -0.380 e. The molecule has 2 aliphatic heterocycles. The van der Waals surface area contributed by atoms with Crippen LogP contribution in [0.15, 0.2) is 23.8 Å². The highest BCUT2D eigenvalue weighted by molar-refractivity contribution is 7.14. The number of rotatable bonds is 4. The summed E-state index contributed by atoms with van der Waals surface area (Å²) in [5, 5.41) is 4.58. The van der Waals surface area contributed by atoms with Gasteiger partial charge in [0.25, 0.3) is 0 Å². The van der Waals surface area contributed by atoms with Crippen molar-refractivity contribution in [3.63, 3.8) is 0 Å². The lowest BCUT2D eigenvalue weighted by atomic mass is 9.81. The predicted octanol–water partition coefficient (Wildman–Crippen LogP) is 5.04. The molecule has 1 saturated carbocycles. The third-order valence-corrected chi connectivity index (χ3v) is 8.54. The Labute approximate surface area is 194 Å². The summed E-state index contributed by atoms with van der Waals surface area (Å²) in [5.41, 5.74) is 4.63. The summed E-state index contributed by atoms with van der Waals surface area (Å²) >= 11 is 1.77. The van der Waals surface area contributed by atoms with Gasteiger partial charge in [-0.25, -0.2) is 9.97 Å². The van der Waals surface area contributed by atoms with Crippen LogP contribution in [-0.4, -0.2) is 65.3 Å². The Morgan fingerprint density at radius 2 is 1.88 bits per heavy atom. The minimum absolute atomic E-state index is 0.615. The van der Waals surface area contributed by atoms with E-state index in [0.29, 0.717) is 5.92 Å². The summed E-state index contributed by atoms with van der Waals surface area (Å²) in [6.07, 6.45) is 13.0. The number of ether oxygens (including phenoxy) is 1. The average Bonchev–Trinajstić information content (AvgIpc) is 3.56. The second-order valence-electron chi connectivity index (χ2n) is 9.58. The Morgan fingerprint density at radius 3 is 2.75 bits per heavy atom. The molecule has 0 bridgehead atoms. The number of thiazole rings is 1. The maximum atomic E-state index is 5.66. The van der Waals surface area contributed by atoms with Crippen LogP contribution in [0.5, 0.6) is 0 Å². The molecule has 0 atom stereocenters. The summed E-state index contributed by atoms with van der Waals surface area (Å²) in [7, 11) is 0. The molecule has 0 spiro atoms. The fourth-order valence-electron chi connectivity index (χ4n) is 5.80. The van der Waals surface area contributed by atoms with Crippen LogP contribution in [0.1, 0.15) is 56.4 Å². The van der Waals surface area contributed by atoms with E-state index >= 15 is 0 Å². The number of hydrogen-bond donors (Lipinski definition) is 1. The Balaban J connectivity index is 1.19. The van der Waals surface area contributed by atoms with Crippen LogP contribution in [0, 0.1) is 0 Å². The van der Waals surface area contributed by atoms with Crippen molar-refractivity contribution in [2.75, 3.05) is 44.3 Å². The van der Waals surface area contributed by atoms with Gasteiger partial charge in [0.1, 0.15) is 5.65 Å². The number of nitrogens with one attached hydrogen (secondary N) is 1. The van der Waals surface area contributed by atoms with E-state index in [1.165, 1.54) is 68.0 Å². The quantitative estimate of drug-likeness (QED) is 0.603. The number of H-pyrrole nitrogens is 1. The molecule has 3 aromatic heterocycles. The van der Waals surface area contributed by atoms with Crippen molar-refractivity contribution in [2.45, 2.75) is 56.9 Å². The van der Waals surface area contributed by atoms with Gasteiger partial charge in [-0.2, -0.15) is 0 Å². The lowest BCUT2D eigenvalue weighted by Gasteiger charge is -2.36. The highest BCUT2D eigenvalue weighted by Crippen LogP contribution is 2.38. The molecule has 6 rings (SSSR count). The molecule has 0 aromatic carbocycles. The molecular formula is C25H33N5OS. The maximum Gasteiger partial charge on any atom is 0.185 e. The molecule has 3 aliphatic rings. The van der Waals surface area contributed by atoms with Gasteiger partial charge in [0.15, 0.2) is 5.13 Å². The Morgan fingerprint density at radius 1 is 1.00 bits per heavy atom. The molecule has 2 saturated heterocycles. The molecule has 0 amide bonds. The van der Waals surface area contributed by atoms with Crippen molar-refractivity contribution in [2.24, 2.45) is 0 Å². The van der Waals surface area contributed by atoms with Crippen LogP contribution in [0.2, 0.25) is 0 Å². The lowest BCUT2D eigenvalue weighted by molar-refractivity contribution is 0.118. The Kier molecular flexibility index (Phi) is 5.88. The van der Waals surface area contributed by atoms with E-state index in [2.05, 4.69) is 38.6 Å². The van der Waals surface area contributed by atoms with Crippen molar-refractivity contribution in [1.29, 1.82) is 0 Å². The van der Waals surface area contributed by atoms with E-state index in [-0.39, 0.29) is 0 Å². The normalized spacial score (nSPS) is 25.4. The Bertz CT molecular complexity index is 1040. The van der Waals surface area contributed by atoms with E-state index in [1.807, 2.05) is 0 Å². The molecule has 1 aliphatic carbocycles. The molecule has 6 nitrogen and oxygen atoms in total. The number of aromatic amines is 1. The van der Waals surface area contributed by atoms with E-state index in [4.69, 9.17) is 14.7 Å². The highest BCUT2D eigenvalue weighted by Gasteiger charge is 2.28. The van der Waals surface area contributed by atoms with Gasteiger partial charge in [-0.3, -0.25) is 4.90 Å². The molecule has 0 radical (unpaired) electrons. The zero-order valence-electron chi connectivity index (χ0n) is 18.8. The first-order valence-corrected chi connectivity index (χ1v) is 13.2. The summed E-state index contributed by atoms with van der Waals surface area (Å²) < 4.78 is 5.66. The van der Waals surface area contributed by atoms with Gasteiger partial charge in [0.05, 0.1) is 12.3 Å². The number of anilines is 1. The van der Waals surface area contributed by atoms with Crippen LogP contribution in [-0.2, 0) is 4.74 Å². The van der Waals surface area contributed by atoms with E-state index < -0.39 is 0 Å². The van der Waals surface area contributed by atoms with Crippen molar-refractivity contribution >= 4 is 27.5 Å². The van der Waals surface area contributed by atoms with Gasteiger partial charge < -0.3 is 14.6 Å². The fourth-order valence-corrected chi connectivity index (χ4v) is 6.68. The van der Waals surface area contributed by atoms with Gasteiger partial charge in [0.2, 0.25) is 0 Å². The van der Waals surface area contributed by atoms with Crippen molar-refractivity contribution < 1.29 is 4.74 Å². The summed E-state index contributed by atoms with van der Waals surface area (Å²) in [4.78, 5) is 18.2. The fraction of sp³-hybridized carbons (Fsp3) is 0.600.